The molecule has 5 atom stereocenters. The highest BCUT2D eigenvalue weighted by Crippen LogP contribution is 2.54. The number of carbonyl (C=O) groups is 3. The number of carbonyl (C=O) groups excluding carboxylic acids is 2. The number of aliphatic carboxylic acids is 1. The van der Waals surface area contributed by atoms with Gasteiger partial charge in [0, 0.05) is 36.1 Å². The first-order chi connectivity index (χ1) is 24.5. The van der Waals surface area contributed by atoms with Gasteiger partial charge in [0.25, 0.3) is 5.91 Å². The average Bonchev–Trinajstić information content (AvgIpc) is 3.61. The predicted molar refractivity (Wildman–Crippen MR) is 172 cm³/mol. The van der Waals surface area contributed by atoms with Crippen molar-refractivity contribution in [3.05, 3.63) is 94.6 Å². The molecule has 2 amide bonds. The Kier molecular flexibility index (Phi) is 9.85. The minimum atomic E-state index is -5.03. The summed E-state index contributed by atoms with van der Waals surface area (Å²) in [6.07, 6.45) is -4.41. The molecule has 8 nitrogen and oxygen atoms in total. The number of methoxy groups -OCH3 is 1. The first-order valence-electron chi connectivity index (χ1n) is 16.4. The lowest BCUT2D eigenvalue weighted by Crippen LogP contribution is -2.48. The van der Waals surface area contributed by atoms with Crippen molar-refractivity contribution in [2.75, 3.05) is 12.4 Å². The van der Waals surface area contributed by atoms with Crippen molar-refractivity contribution >= 4 is 23.5 Å². The zero-order valence-corrected chi connectivity index (χ0v) is 27.4. The van der Waals surface area contributed by atoms with Crippen molar-refractivity contribution in [1.82, 2.24) is 5.32 Å². The summed E-state index contributed by atoms with van der Waals surface area (Å²) in [5, 5.41) is 24.5. The van der Waals surface area contributed by atoms with Crippen LogP contribution in [0.3, 0.4) is 0 Å². The average molecular weight is 735 g/mol. The number of carboxylic acids is 1. The number of anilines is 1. The largest absolute Gasteiger partial charge is 0.496 e. The third-order valence-electron chi connectivity index (χ3n) is 10.2. The number of ether oxygens (including phenoxy) is 1. The van der Waals surface area contributed by atoms with Crippen LogP contribution in [0, 0.1) is 35.3 Å². The number of hydrogen-bond donors (Lipinski definition) is 4. The highest BCUT2D eigenvalue weighted by molar-refractivity contribution is 6.00. The molecule has 0 aromatic heterocycles. The van der Waals surface area contributed by atoms with Crippen molar-refractivity contribution in [2.24, 2.45) is 23.7 Å². The Balaban J connectivity index is 1.32. The SMILES string of the molecule is COc1ccc(-c2cc(C(O)C(=O)O)ccc2F)cc1C(=O)N[C@H]1[C@@H](C(=O)Nc2ccc(F)c(C(F)(F)F)c2)[C@H]2CC[C@@H]1/C2=C\CC1CC(F)(F)C1. The van der Waals surface area contributed by atoms with Gasteiger partial charge in [-0.25, -0.2) is 22.4 Å². The lowest BCUT2D eigenvalue weighted by atomic mass is 9.78. The molecule has 0 spiro atoms. The maximum atomic E-state index is 15.0. The quantitative estimate of drug-likeness (QED) is 0.126. The monoisotopic (exact) mass is 734 g/mol. The Morgan fingerprint density at radius 2 is 1.67 bits per heavy atom. The van der Waals surface area contributed by atoms with Crippen molar-refractivity contribution in [3.63, 3.8) is 0 Å². The highest BCUT2D eigenvalue weighted by Gasteiger charge is 2.55. The Labute approximate surface area is 292 Å². The molecule has 0 heterocycles. The zero-order valence-electron chi connectivity index (χ0n) is 27.4. The van der Waals surface area contributed by atoms with Crippen LogP contribution in [0.25, 0.3) is 11.1 Å². The van der Waals surface area contributed by atoms with E-state index in [0.29, 0.717) is 31.4 Å². The van der Waals surface area contributed by atoms with Crippen molar-refractivity contribution in [2.45, 2.75) is 56.3 Å². The number of carboxylic acid groups (broad SMARTS) is 1. The van der Waals surface area contributed by atoms with Gasteiger partial charge in [0.2, 0.25) is 11.8 Å². The molecule has 3 saturated carbocycles. The predicted octanol–water partition coefficient (Wildman–Crippen LogP) is 7.53. The van der Waals surface area contributed by atoms with E-state index in [4.69, 9.17) is 4.74 Å². The molecular formula is C37H33F7N2O6. The fourth-order valence-electron chi connectivity index (χ4n) is 7.74. The van der Waals surface area contributed by atoms with Crippen LogP contribution in [0.5, 0.6) is 5.75 Å². The Morgan fingerprint density at radius 1 is 0.981 bits per heavy atom. The summed E-state index contributed by atoms with van der Waals surface area (Å²) >= 11 is 0. The van der Waals surface area contributed by atoms with E-state index in [1.165, 1.54) is 25.3 Å². The summed E-state index contributed by atoms with van der Waals surface area (Å²) < 4.78 is 102. The first-order valence-corrected chi connectivity index (χ1v) is 16.4. The molecule has 2 bridgehead atoms. The molecule has 0 saturated heterocycles. The van der Waals surface area contributed by atoms with E-state index >= 15 is 4.39 Å². The molecule has 3 aromatic carbocycles. The number of benzene rings is 3. The van der Waals surface area contributed by atoms with Crippen molar-refractivity contribution in [3.8, 4) is 16.9 Å². The number of nitrogens with one attached hydrogen (secondary N) is 2. The molecule has 52 heavy (non-hydrogen) atoms. The first kappa shape index (κ1) is 36.9. The van der Waals surface area contributed by atoms with Gasteiger partial charge in [-0.05, 0) is 84.7 Å². The second-order valence-corrected chi connectivity index (χ2v) is 13.5. The Bertz CT molecular complexity index is 1940. The normalized spacial score (nSPS) is 23.6. The van der Waals surface area contributed by atoms with Crippen LogP contribution in [0.1, 0.15) is 59.7 Å². The minimum absolute atomic E-state index is 0.0558. The van der Waals surface area contributed by atoms with Crippen LogP contribution in [0.4, 0.5) is 36.4 Å². The number of allylic oxidation sites excluding steroid dienone is 1. The lowest BCUT2D eigenvalue weighted by Gasteiger charge is -2.34. The summed E-state index contributed by atoms with van der Waals surface area (Å²) in [6, 6.07) is 8.41. The van der Waals surface area contributed by atoms with Gasteiger partial charge in [0.05, 0.1) is 24.2 Å². The Hall–Kier alpha value is -4.92. The Morgan fingerprint density at radius 3 is 2.33 bits per heavy atom. The molecule has 4 N–H and O–H groups in total. The van der Waals surface area contributed by atoms with Crippen molar-refractivity contribution in [1.29, 1.82) is 0 Å². The van der Waals surface area contributed by atoms with Gasteiger partial charge in [-0.2, -0.15) is 13.2 Å². The number of aliphatic hydroxyl groups excluding tert-OH is 1. The second kappa shape index (κ2) is 13.9. The number of fused-ring (bicyclic) bond motifs is 2. The summed E-state index contributed by atoms with van der Waals surface area (Å²) in [7, 11) is 1.28. The standard InChI is InChI=1S/C37H33F7N2O6/c1-52-29-11-4-18(24-13-19(3-9-27(24)38)32(47)35(50)51)12-25(29)33(48)46-31-23-8-7-22(21(23)6-2-17-15-36(40,41)16-17)30(31)34(49)45-20-5-10-28(39)26(14-20)37(42,43)44/h3-6,9-14,17,22-23,30-32,47H,2,7-8,15-16H2,1H3,(H,45,49)(H,46,48)(H,50,51)/b21-6-/t22-,23+,30-,31+,32?/m0/s1. The maximum absolute atomic E-state index is 15.0. The number of hydrogen-bond acceptors (Lipinski definition) is 5. The van der Waals surface area contributed by atoms with Gasteiger partial charge in [0.15, 0.2) is 6.10 Å². The topological polar surface area (TPSA) is 125 Å². The maximum Gasteiger partial charge on any atom is 0.419 e. The molecule has 1 unspecified atom stereocenters. The molecule has 3 aliphatic carbocycles. The van der Waals surface area contributed by atoms with Gasteiger partial charge in [-0.3, -0.25) is 9.59 Å². The summed E-state index contributed by atoms with van der Waals surface area (Å²) in [5.74, 6) is -10.2. The molecule has 3 aromatic rings. The van der Waals surface area contributed by atoms with Gasteiger partial charge in [0.1, 0.15) is 17.4 Å². The molecule has 276 valence electrons. The number of halogens is 7. The van der Waals surface area contributed by atoms with Crippen molar-refractivity contribution < 1.29 is 60.1 Å². The third-order valence-corrected chi connectivity index (χ3v) is 10.2. The summed E-state index contributed by atoms with van der Waals surface area (Å²) in [5.41, 5.74) is -1.34. The number of rotatable bonds is 10. The zero-order chi connectivity index (χ0) is 37.7. The van der Waals surface area contributed by atoms with E-state index < -0.39 is 77.0 Å². The molecule has 0 aliphatic heterocycles. The molecule has 3 fully saturated rings. The molecule has 15 heteroatoms. The summed E-state index contributed by atoms with van der Waals surface area (Å²) in [6.45, 7) is 0. The number of aliphatic hydroxyl groups is 1. The van der Waals surface area contributed by atoms with E-state index in [2.05, 4.69) is 10.6 Å². The third kappa shape index (κ3) is 7.23. The van der Waals surface area contributed by atoms with Gasteiger partial charge >= 0.3 is 12.1 Å². The molecule has 0 radical (unpaired) electrons. The molecule has 3 aliphatic rings. The van der Waals surface area contributed by atoms with Crippen LogP contribution >= 0.6 is 0 Å². The van der Waals surface area contributed by atoms with Crippen LogP contribution in [-0.4, -0.2) is 47.1 Å². The number of amides is 2. The van der Waals surface area contributed by atoms with Crippen LogP contribution in [-0.2, 0) is 15.8 Å². The lowest BCUT2D eigenvalue weighted by molar-refractivity contribution is -0.147. The van der Waals surface area contributed by atoms with Gasteiger partial charge in [-0.1, -0.05) is 23.8 Å². The smallest absolute Gasteiger partial charge is 0.419 e. The second-order valence-electron chi connectivity index (χ2n) is 13.5. The fraction of sp³-hybridized carbons (Fsp3) is 0.378. The fourth-order valence-corrected chi connectivity index (χ4v) is 7.74. The highest BCUT2D eigenvalue weighted by atomic mass is 19.4. The summed E-state index contributed by atoms with van der Waals surface area (Å²) in [4.78, 5) is 39.2. The van der Waals surface area contributed by atoms with Crippen LogP contribution in [0.2, 0.25) is 0 Å². The molecule has 6 rings (SSSR count). The van der Waals surface area contributed by atoms with Gasteiger partial charge in [-0.15, -0.1) is 0 Å². The van der Waals surface area contributed by atoms with E-state index in [-0.39, 0.29) is 52.5 Å². The minimum Gasteiger partial charge on any atom is -0.496 e. The van der Waals surface area contributed by atoms with E-state index in [0.717, 1.165) is 29.8 Å². The van der Waals surface area contributed by atoms with E-state index in [9.17, 15) is 50.9 Å². The van der Waals surface area contributed by atoms with Gasteiger partial charge < -0.3 is 25.6 Å². The van der Waals surface area contributed by atoms with Crippen LogP contribution < -0.4 is 15.4 Å². The number of alkyl halides is 5. The van der Waals surface area contributed by atoms with E-state index in [1.54, 1.807) is 0 Å². The van der Waals surface area contributed by atoms with Crippen LogP contribution in [0.15, 0.2) is 66.2 Å². The van der Waals surface area contributed by atoms with E-state index in [1.807, 2.05) is 6.08 Å². The molecular weight excluding hydrogens is 701 g/mol.